The maximum Gasteiger partial charge on any atom is 0.438 e. The van der Waals surface area contributed by atoms with Crippen LogP contribution in [0.2, 0.25) is 0 Å². The van der Waals surface area contributed by atoms with Crippen molar-refractivity contribution in [2.75, 3.05) is 6.61 Å². The van der Waals surface area contributed by atoms with Crippen LogP contribution in [0.5, 0.6) is 0 Å². The molecule has 0 amide bonds. The van der Waals surface area contributed by atoms with Gasteiger partial charge in [-0.1, -0.05) is 13.3 Å². The van der Waals surface area contributed by atoms with Gasteiger partial charge in [-0.05, 0) is 6.42 Å². The van der Waals surface area contributed by atoms with E-state index >= 15 is 0 Å². The summed E-state index contributed by atoms with van der Waals surface area (Å²) in [5.41, 5.74) is 0. The largest absolute Gasteiger partial charge is 0.438 e. The Kier molecular flexibility index (Phi) is 4.62. The van der Waals surface area contributed by atoms with Crippen LogP contribution in [0.25, 0.3) is 0 Å². The van der Waals surface area contributed by atoms with Gasteiger partial charge in [0.15, 0.2) is 0 Å². The summed E-state index contributed by atoms with van der Waals surface area (Å²) < 4.78 is 25.2. The van der Waals surface area contributed by atoms with Crippen LogP contribution in [0.4, 0.5) is 0 Å². The molecule has 3 N–H and O–H groups in total. The number of hydrogen-bond acceptors (Lipinski definition) is 3. The molecule has 0 bridgehead atoms. The highest BCUT2D eigenvalue weighted by molar-refractivity contribution is 8.26. The van der Waals surface area contributed by atoms with Crippen molar-refractivity contribution in [1.29, 1.82) is 0 Å². The van der Waals surface area contributed by atoms with Crippen LogP contribution in [0, 0.1) is 0 Å². The predicted molar refractivity (Wildman–Crippen MR) is 42.7 cm³/mol. The van der Waals surface area contributed by atoms with Gasteiger partial charge in [-0.15, -0.1) is 0 Å². The first-order valence-electron chi connectivity index (χ1n) is 3.34. The monoisotopic (exact) mass is 218 g/mol. The fourth-order valence-electron chi connectivity index (χ4n) is 0.403. The summed E-state index contributed by atoms with van der Waals surface area (Å²) in [6.45, 7) is 1.71. The lowest BCUT2D eigenvalue weighted by Crippen LogP contribution is -1.93. The lowest BCUT2D eigenvalue weighted by molar-refractivity contribution is 0.255. The van der Waals surface area contributed by atoms with Crippen LogP contribution in [-0.4, -0.2) is 21.3 Å². The minimum absolute atomic E-state index is 0.116. The molecule has 0 aromatic rings. The molecule has 0 aromatic heterocycles. The van der Waals surface area contributed by atoms with Gasteiger partial charge in [0.1, 0.15) is 0 Å². The topological polar surface area (TPSA) is 104 Å². The molecule has 8 heteroatoms. The lowest BCUT2D eigenvalue weighted by Gasteiger charge is -2.11. The quantitative estimate of drug-likeness (QED) is 0.471. The Morgan fingerprint density at radius 1 is 1.25 bits per heavy atom. The molecule has 0 aliphatic rings. The number of rotatable bonds is 5. The molecule has 0 saturated heterocycles. The molecule has 1 atom stereocenters. The molecule has 0 aliphatic carbocycles. The molecular weight excluding hydrogens is 206 g/mol. The van der Waals surface area contributed by atoms with Crippen molar-refractivity contribution in [2.24, 2.45) is 0 Å². The zero-order chi connectivity index (χ0) is 9.83. The summed E-state index contributed by atoms with van der Waals surface area (Å²) in [5, 5.41) is 0. The Hall–Kier alpha value is 0.300. The minimum Gasteiger partial charge on any atom is -0.316 e. The van der Waals surface area contributed by atoms with Crippen LogP contribution in [0.3, 0.4) is 0 Å². The molecule has 6 nitrogen and oxygen atoms in total. The second-order valence-electron chi connectivity index (χ2n) is 2.19. The lowest BCUT2D eigenvalue weighted by atomic mass is 10.4. The van der Waals surface area contributed by atoms with Gasteiger partial charge in [-0.3, -0.25) is 0 Å². The van der Waals surface area contributed by atoms with E-state index in [9.17, 15) is 9.13 Å². The molecule has 0 rings (SSSR count). The van der Waals surface area contributed by atoms with Crippen molar-refractivity contribution in [1.82, 2.24) is 0 Å². The molecular formula is C4H12O6P2. The summed E-state index contributed by atoms with van der Waals surface area (Å²) in [7, 11) is -9.76. The van der Waals surface area contributed by atoms with E-state index in [0.717, 1.165) is 6.42 Å². The summed E-state index contributed by atoms with van der Waals surface area (Å²) in [6, 6.07) is 0. The first kappa shape index (κ1) is 12.3. The Labute approximate surface area is 70.2 Å². The van der Waals surface area contributed by atoms with Gasteiger partial charge in [-0.25, -0.2) is 9.13 Å². The van der Waals surface area contributed by atoms with E-state index in [1.54, 1.807) is 0 Å². The summed E-state index contributed by atoms with van der Waals surface area (Å²) in [5.74, 6) is 0. The predicted octanol–water partition coefficient (Wildman–Crippen LogP) is 1.08. The molecule has 0 aliphatic heterocycles. The van der Waals surface area contributed by atoms with Crippen LogP contribution < -0.4 is 0 Å². The highest BCUT2D eigenvalue weighted by Crippen LogP contribution is 2.74. The fourth-order valence-corrected chi connectivity index (χ4v) is 1.62. The van der Waals surface area contributed by atoms with Gasteiger partial charge in [0, 0.05) is 0 Å². The fraction of sp³-hybridized carbons (Fsp3) is 1.00. The Morgan fingerprint density at radius 3 is 2.08 bits per heavy atom. The van der Waals surface area contributed by atoms with Crippen molar-refractivity contribution >= 4 is 14.6 Å². The Morgan fingerprint density at radius 2 is 1.75 bits per heavy atom. The summed E-state index contributed by atoms with van der Waals surface area (Å²) in [6.07, 6.45) is 1.21. The summed E-state index contributed by atoms with van der Waals surface area (Å²) >= 11 is 0. The third-order valence-corrected chi connectivity index (χ3v) is 4.59. The van der Waals surface area contributed by atoms with Gasteiger partial charge in [0.2, 0.25) is 0 Å². The zero-order valence-electron chi connectivity index (χ0n) is 6.58. The molecule has 74 valence electrons. The first-order chi connectivity index (χ1) is 5.31. The van der Waals surface area contributed by atoms with Gasteiger partial charge >= 0.3 is 14.6 Å². The normalized spacial score (nSPS) is 17.3. The Balaban J connectivity index is 4.07. The minimum atomic E-state index is -5.02. The standard InChI is InChI=1S/C4H12O6P2/c1-2-3-4-10-12(8,9)11(5,6)7/h2-4H2,1H3,(H,8,9)(H2,5,6,7). The van der Waals surface area contributed by atoms with E-state index in [0.29, 0.717) is 6.42 Å². The third-order valence-electron chi connectivity index (χ3n) is 1.09. The number of unbranched alkanes of at least 4 members (excludes halogenated alkanes) is 1. The van der Waals surface area contributed by atoms with Gasteiger partial charge in [0.05, 0.1) is 6.61 Å². The van der Waals surface area contributed by atoms with Crippen LogP contribution in [0.15, 0.2) is 0 Å². The highest BCUT2D eigenvalue weighted by Gasteiger charge is 2.41. The second kappa shape index (κ2) is 4.51. The third kappa shape index (κ3) is 3.81. The van der Waals surface area contributed by atoms with Crippen LogP contribution >= 0.6 is 14.6 Å². The average Bonchev–Trinajstić information content (AvgIpc) is 1.85. The van der Waals surface area contributed by atoms with E-state index in [1.807, 2.05) is 6.92 Å². The zero-order valence-corrected chi connectivity index (χ0v) is 8.37. The summed E-state index contributed by atoms with van der Waals surface area (Å²) in [4.78, 5) is 25.3. The van der Waals surface area contributed by atoms with Crippen LogP contribution in [-0.2, 0) is 13.7 Å². The van der Waals surface area contributed by atoms with E-state index in [2.05, 4.69) is 4.52 Å². The Bertz CT molecular complexity index is 220. The molecule has 0 spiro atoms. The molecule has 12 heavy (non-hydrogen) atoms. The second-order valence-corrected chi connectivity index (χ2v) is 7.54. The highest BCUT2D eigenvalue weighted by atomic mass is 32.1. The number of hydrogen-bond donors (Lipinski definition) is 3. The molecule has 0 saturated carbocycles. The maximum atomic E-state index is 10.7. The molecule has 0 heterocycles. The van der Waals surface area contributed by atoms with Crippen molar-refractivity contribution < 1.29 is 28.3 Å². The van der Waals surface area contributed by atoms with E-state index in [-0.39, 0.29) is 6.61 Å². The molecule has 0 radical (unpaired) electrons. The SMILES string of the molecule is CCCCOP(=O)(O)P(=O)(O)O. The van der Waals surface area contributed by atoms with Crippen molar-refractivity contribution in [3.63, 3.8) is 0 Å². The van der Waals surface area contributed by atoms with Gasteiger partial charge in [-0.2, -0.15) is 0 Å². The van der Waals surface area contributed by atoms with E-state index in [1.165, 1.54) is 0 Å². The molecule has 0 fully saturated rings. The smallest absolute Gasteiger partial charge is 0.316 e. The van der Waals surface area contributed by atoms with Crippen molar-refractivity contribution in [3.8, 4) is 0 Å². The van der Waals surface area contributed by atoms with Gasteiger partial charge < -0.3 is 19.2 Å². The molecule has 0 aromatic carbocycles. The first-order valence-corrected chi connectivity index (χ1v) is 7.24. The van der Waals surface area contributed by atoms with Crippen LogP contribution in [0.1, 0.15) is 19.8 Å². The van der Waals surface area contributed by atoms with E-state index < -0.39 is 14.6 Å². The molecule has 1 unspecified atom stereocenters. The maximum absolute atomic E-state index is 10.7. The average molecular weight is 218 g/mol. The van der Waals surface area contributed by atoms with E-state index in [4.69, 9.17) is 14.7 Å². The van der Waals surface area contributed by atoms with Crippen molar-refractivity contribution in [2.45, 2.75) is 19.8 Å². The van der Waals surface area contributed by atoms with Gasteiger partial charge in [0.25, 0.3) is 0 Å². The van der Waals surface area contributed by atoms with Crippen molar-refractivity contribution in [3.05, 3.63) is 0 Å².